The van der Waals surface area contributed by atoms with Crippen molar-refractivity contribution in [2.75, 3.05) is 11.5 Å². The molecule has 102 valence electrons. The SMILES string of the molecule is CC(NC(=O)CS(=O)(=O)CCC#N)c1ccccc1. The zero-order valence-electron chi connectivity index (χ0n) is 10.7. The molecule has 0 aliphatic heterocycles. The monoisotopic (exact) mass is 280 g/mol. The van der Waals surface area contributed by atoms with Crippen LogP contribution in [0, 0.1) is 11.3 Å². The highest BCUT2D eigenvalue weighted by molar-refractivity contribution is 7.92. The number of benzene rings is 1. The maximum Gasteiger partial charge on any atom is 0.235 e. The van der Waals surface area contributed by atoms with Crippen LogP contribution in [0.1, 0.15) is 24.9 Å². The van der Waals surface area contributed by atoms with Crippen LogP contribution in [0.4, 0.5) is 0 Å². The van der Waals surface area contributed by atoms with Crippen LogP contribution in [0.3, 0.4) is 0 Å². The van der Waals surface area contributed by atoms with Crippen molar-refractivity contribution in [3.63, 3.8) is 0 Å². The van der Waals surface area contributed by atoms with Gasteiger partial charge in [0.25, 0.3) is 0 Å². The molecule has 0 bridgehead atoms. The lowest BCUT2D eigenvalue weighted by molar-refractivity contribution is -0.119. The first-order chi connectivity index (χ1) is 8.94. The third-order valence-electron chi connectivity index (χ3n) is 2.55. The summed E-state index contributed by atoms with van der Waals surface area (Å²) in [6.45, 7) is 1.79. The minimum atomic E-state index is -3.51. The lowest BCUT2D eigenvalue weighted by Gasteiger charge is -2.14. The fourth-order valence-corrected chi connectivity index (χ4v) is 2.61. The number of carbonyl (C=O) groups excluding carboxylic acids is 1. The summed E-state index contributed by atoms with van der Waals surface area (Å²) in [6.07, 6.45) is -0.0934. The molecule has 0 aliphatic rings. The molecule has 1 amide bonds. The largest absolute Gasteiger partial charge is 0.349 e. The number of sulfone groups is 1. The van der Waals surface area contributed by atoms with E-state index < -0.39 is 21.5 Å². The van der Waals surface area contributed by atoms with Gasteiger partial charge in [0.1, 0.15) is 5.75 Å². The van der Waals surface area contributed by atoms with Crippen molar-refractivity contribution >= 4 is 15.7 Å². The number of nitrogens with zero attached hydrogens (tertiary/aromatic N) is 1. The number of hydrogen-bond donors (Lipinski definition) is 1. The number of hydrogen-bond acceptors (Lipinski definition) is 4. The number of rotatable bonds is 6. The van der Waals surface area contributed by atoms with Crippen molar-refractivity contribution in [3.8, 4) is 6.07 Å². The Morgan fingerprint density at radius 2 is 2.00 bits per heavy atom. The number of amides is 1. The van der Waals surface area contributed by atoms with E-state index in [1.165, 1.54) is 0 Å². The molecule has 0 aromatic heterocycles. The van der Waals surface area contributed by atoms with Gasteiger partial charge < -0.3 is 5.32 Å². The first-order valence-electron chi connectivity index (χ1n) is 5.86. The van der Waals surface area contributed by atoms with Crippen molar-refractivity contribution < 1.29 is 13.2 Å². The Balaban J connectivity index is 2.55. The summed E-state index contributed by atoms with van der Waals surface area (Å²) >= 11 is 0. The summed E-state index contributed by atoms with van der Waals surface area (Å²) in [7, 11) is -3.51. The van der Waals surface area contributed by atoms with Crippen LogP contribution in [-0.2, 0) is 14.6 Å². The van der Waals surface area contributed by atoms with Gasteiger partial charge in [0.05, 0.1) is 17.9 Å². The van der Waals surface area contributed by atoms with Gasteiger partial charge in [0.2, 0.25) is 5.91 Å². The van der Waals surface area contributed by atoms with Gasteiger partial charge in [-0.15, -0.1) is 0 Å². The van der Waals surface area contributed by atoms with E-state index in [-0.39, 0.29) is 18.2 Å². The van der Waals surface area contributed by atoms with Crippen molar-refractivity contribution in [2.24, 2.45) is 0 Å². The average Bonchev–Trinajstić information content (AvgIpc) is 2.36. The Kier molecular flexibility index (Phi) is 5.52. The molecule has 1 atom stereocenters. The molecule has 0 aliphatic carbocycles. The van der Waals surface area contributed by atoms with Crippen LogP contribution in [0.5, 0.6) is 0 Å². The summed E-state index contributed by atoms with van der Waals surface area (Å²) in [6, 6.07) is 10.8. The molecule has 1 unspecified atom stereocenters. The van der Waals surface area contributed by atoms with Crippen molar-refractivity contribution in [3.05, 3.63) is 35.9 Å². The van der Waals surface area contributed by atoms with Gasteiger partial charge in [0, 0.05) is 6.42 Å². The van der Waals surface area contributed by atoms with Crippen LogP contribution >= 0.6 is 0 Å². The predicted molar refractivity (Wildman–Crippen MR) is 71.9 cm³/mol. The highest BCUT2D eigenvalue weighted by atomic mass is 32.2. The van der Waals surface area contributed by atoms with Gasteiger partial charge in [0.15, 0.2) is 9.84 Å². The summed E-state index contributed by atoms with van der Waals surface area (Å²) in [5, 5.41) is 11.0. The molecular formula is C13H16N2O3S. The van der Waals surface area contributed by atoms with Crippen LogP contribution in [0.2, 0.25) is 0 Å². The maximum atomic E-state index is 11.6. The second kappa shape index (κ2) is 6.90. The summed E-state index contributed by atoms with van der Waals surface area (Å²) in [5.74, 6) is -1.41. The zero-order valence-corrected chi connectivity index (χ0v) is 11.5. The summed E-state index contributed by atoms with van der Waals surface area (Å²) < 4.78 is 23.0. The Labute approximate surface area is 113 Å². The molecule has 1 aromatic rings. The molecule has 19 heavy (non-hydrogen) atoms. The van der Waals surface area contributed by atoms with Gasteiger partial charge in [-0.3, -0.25) is 4.79 Å². The van der Waals surface area contributed by atoms with Gasteiger partial charge in [-0.25, -0.2) is 8.42 Å². The normalized spacial score (nSPS) is 12.4. The fourth-order valence-electron chi connectivity index (χ4n) is 1.58. The number of nitrogens with one attached hydrogen (secondary N) is 1. The highest BCUT2D eigenvalue weighted by Gasteiger charge is 2.18. The number of carbonyl (C=O) groups is 1. The number of nitriles is 1. The Bertz CT molecular complexity index is 561. The van der Waals surface area contributed by atoms with E-state index in [9.17, 15) is 13.2 Å². The Hall–Kier alpha value is -1.87. The summed E-state index contributed by atoms with van der Waals surface area (Å²) in [5.41, 5.74) is 0.908. The molecule has 0 fully saturated rings. The van der Waals surface area contributed by atoms with Crippen LogP contribution in [0.25, 0.3) is 0 Å². The molecule has 0 saturated heterocycles. The van der Waals surface area contributed by atoms with E-state index in [2.05, 4.69) is 5.32 Å². The molecule has 0 spiro atoms. The quantitative estimate of drug-likeness (QED) is 0.848. The molecule has 1 rings (SSSR count). The maximum absolute atomic E-state index is 11.6. The molecular weight excluding hydrogens is 264 g/mol. The Morgan fingerprint density at radius 3 is 2.58 bits per heavy atom. The predicted octanol–water partition coefficient (Wildman–Crippen LogP) is 1.19. The fraction of sp³-hybridized carbons (Fsp3) is 0.385. The van der Waals surface area contributed by atoms with Crippen molar-refractivity contribution in [2.45, 2.75) is 19.4 Å². The zero-order chi connectivity index (χ0) is 14.3. The van der Waals surface area contributed by atoms with Crippen molar-refractivity contribution in [1.29, 1.82) is 5.26 Å². The minimum absolute atomic E-state index is 0.0934. The third-order valence-corrected chi connectivity index (χ3v) is 4.08. The Morgan fingerprint density at radius 1 is 1.37 bits per heavy atom. The standard InChI is InChI=1S/C13H16N2O3S/c1-11(12-6-3-2-4-7-12)15-13(16)10-19(17,18)9-5-8-14/h2-4,6-7,11H,5,9-10H2,1H3,(H,15,16). The molecule has 0 heterocycles. The molecule has 1 aromatic carbocycles. The molecule has 1 N–H and O–H groups in total. The first kappa shape index (κ1) is 15.2. The van der Waals surface area contributed by atoms with Crippen LogP contribution in [-0.4, -0.2) is 25.8 Å². The van der Waals surface area contributed by atoms with Gasteiger partial charge in [-0.1, -0.05) is 30.3 Å². The average molecular weight is 280 g/mol. The first-order valence-corrected chi connectivity index (χ1v) is 7.68. The second-order valence-corrected chi connectivity index (χ2v) is 6.38. The summed E-state index contributed by atoms with van der Waals surface area (Å²) in [4.78, 5) is 11.6. The van der Waals surface area contributed by atoms with Gasteiger partial charge >= 0.3 is 0 Å². The molecule has 6 heteroatoms. The highest BCUT2D eigenvalue weighted by Crippen LogP contribution is 2.10. The van der Waals surface area contributed by atoms with Crippen LogP contribution < -0.4 is 5.32 Å². The van der Waals surface area contributed by atoms with E-state index in [1.54, 1.807) is 13.0 Å². The van der Waals surface area contributed by atoms with E-state index in [4.69, 9.17) is 5.26 Å². The molecule has 0 saturated carbocycles. The van der Waals surface area contributed by atoms with Gasteiger partial charge in [-0.2, -0.15) is 5.26 Å². The van der Waals surface area contributed by atoms with E-state index >= 15 is 0 Å². The van der Waals surface area contributed by atoms with E-state index in [1.807, 2.05) is 30.3 Å². The van der Waals surface area contributed by atoms with Crippen molar-refractivity contribution in [1.82, 2.24) is 5.32 Å². The topological polar surface area (TPSA) is 87.0 Å². The second-order valence-electron chi connectivity index (χ2n) is 4.20. The lowest BCUT2D eigenvalue weighted by Crippen LogP contribution is -2.33. The molecule has 0 radical (unpaired) electrons. The van der Waals surface area contributed by atoms with Crippen LogP contribution in [0.15, 0.2) is 30.3 Å². The molecule has 5 nitrogen and oxygen atoms in total. The smallest absolute Gasteiger partial charge is 0.235 e. The van der Waals surface area contributed by atoms with E-state index in [0.29, 0.717) is 0 Å². The van der Waals surface area contributed by atoms with Gasteiger partial charge in [-0.05, 0) is 12.5 Å². The lowest BCUT2D eigenvalue weighted by atomic mass is 10.1. The van der Waals surface area contributed by atoms with E-state index in [0.717, 1.165) is 5.56 Å². The minimum Gasteiger partial charge on any atom is -0.349 e. The third kappa shape index (κ3) is 5.53.